The lowest BCUT2D eigenvalue weighted by molar-refractivity contribution is -0.127. The fraction of sp³-hybridized carbons (Fsp3) is 0.407. The molecular weight excluding hydrogens is 434 g/mol. The van der Waals surface area contributed by atoms with Crippen molar-refractivity contribution in [3.63, 3.8) is 0 Å². The maximum Gasteiger partial charge on any atom is 0.348 e. The highest BCUT2D eigenvalue weighted by molar-refractivity contribution is 7.14. The number of aliphatic hydroxyl groups excluding tert-OH is 1. The summed E-state index contributed by atoms with van der Waals surface area (Å²) in [6, 6.07) is 13.8. The van der Waals surface area contributed by atoms with Crippen molar-refractivity contribution in [2.24, 2.45) is 5.92 Å². The summed E-state index contributed by atoms with van der Waals surface area (Å²) < 4.78 is 4.71. The molecule has 3 atom stereocenters. The van der Waals surface area contributed by atoms with E-state index in [2.05, 4.69) is 43.0 Å². The molecule has 1 saturated heterocycles. The Labute approximate surface area is 200 Å². The average Bonchev–Trinajstić information content (AvgIpc) is 3.44. The molecule has 0 bridgehead atoms. The topological polar surface area (TPSA) is 66.8 Å². The van der Waals surface area contributed by atoms with E-state index in [1.807, 2.05) is 18.2 Å². The standard InChI is InChI=1S/C27H31NO4S/c1-20(8-6-11-21-9-4-3-5-10-21)24(29)16-13-22-14-18-26(30)28(22)19-7-12-23-15-17-25(33-23)27(31)32-2/h3-5,9-10,13,15-17,20,22,24,29H,6,8,11,14,18-19H2,1-2H3/t20-,22-,24+/m0/s1. The minimum Gasteiger partial charge on any atom is -0.465 e. The van der Waals surface area contributed by atoms with Crippen LogP contribution in [0.2, 0.25) is 0 Å². The van der Waals surface area contributed by atoms with Crippen LogP contribution >= 0.6 is 11.3 Å². The minimum atomic E-state index is -0.535. The zero-order valence-corrected chi connectivity index (χ0v) is 20.0. The molecule has 1 aliphatic heterocycles. The summed E-state index contributed by atoms with van der Waals surface area (Å²) in [4.78, 5) is 26.9. The van der Waals surface area contributed by atoms with E-state index >= 15 is 0 Å². The Kier molecular flexibility index (Phi) is 9.29. The number of carbonyl (C=O) groups excluding carboxylic acids is 2. The van der Waals surface area contributed by atoms with E-state index in [1.54, 1.807) is 17.0 Å². The molecule has 0 spiro atoms. The van der Waals surface area contributed by atoms with Crippen molar-refractivity contribution in [1.29, 1.82) is 0 Å². The Bertz CT molecular complexity index is 1020. The number of amides is 1. The molecule has 3 rings (SSSR count). The van der Waals surface area contributed by atoms with Crippen LogP contribution < -0.4 is 0 Å². The molecule has 2 heterocycles. The fourth-order valence-electron chi connectivity index (χ4n) is 3.86. The minimum absolute atomic E-state index is 0.0491. The first-order valence-electron chi connectivity index (χ1n) is 11.3. The maximum absolute atomic E-state index is 12.3. The number of aryl methyl sites for hydroxylation is 1. The summed E-state index contributed by atoms with van der Waals surface area (Å²) >= 11 is 1.27. The number of likely N-dealkylation sites (tertiary alicyclic amines) is 1. The zero-order valence-electron chi connectivity index (χ0n) is 19.2. The average molecular weight is 466 g/mol. The van der Waals surface area contributed by atoms with E-state index < -0.39 is 6.10 Å². The molecule has 1 N–H and O–H groups in total. The quantitative estimate of drug-likeness (QED) is 0.337. The van der Waals surface area contributed by atoms with Crippen LogP contribution in [0.25, 0.3) is 0 Å². The van der Waals surface area contributed by atoms with Gasteiger partial charge >= 0.3 is 5.97 Å². The van der Waals surface area contributed by atoms with Crippen molar-refractivity contribution in [1.82, 2.24) is 4.90 Å². The van der Waals surface area contributed by atoms with Crippen LogP contribution in [0.15, 0.2) is 54.6 Å². The number of methoxy groups -OCH3 is 1. The van der Waals surface area contributed by atoms with Crippen LogP contribution in [-0.4, -0.2) is 47.7 Å². The van der Waals surface area contributed by atoms with Crippen LogP contribution in [0.4, 0.5) is 0 Å². The molecule has 1 fully saturated rings. The van der Waals surface area contributed by atoms with Crippen molar-refractivity contribution in [2.75, 3.05) is 13.7 Å². The zero-order chi connectivity index (χ0) is 23.6. The third kappa shape index (κ3) is 7.31. The lowest BCUT2D eigenvalue weighted by Crippen LogP contribution is -2.32. The number of carbonyl (C=O) groups is 2. The first kappa shape index (κ1) is 24.8. The normalized spacial score (nSPS) is 17.6. The molecule has 2 aromatic rings. The number of hydrogen-bond donors (Lipinski definition) is 1. The number of rotatable bonds is 9. The van der Waals surface area contributed by atoms with E-state index in [0.717, 1.165) is 30.6 Å². The SMILES string of the molecule is COC(=O)c1ccc(C#CCN2C(=O)CC[C@@H]2C=C[C@@H](O)[C@@H](C)CCCc2ccccc2)s1. The molecule has 0 saturated carbocycles. The molecule has 0 radical (unpaired) electrons. The lowest BCUT2D eigenvalue weighted by Gasteiger charge is -2.21. The number of hydrogen-bond acceptors (Lipinski definition) is 5. The predicted molar refractivity (Wildman–Crippen MR) is 131 cm³/mol. The summed E-state index contributed by atoms with van der Waals surface area (Å²) in [5.41, 5.74) is 1.32. The molecule has 174 valence electrons. The van der Waals surface area contributed by atoms with Gasteiger partial charge in [-0.2, -0.15) is 0 Å². The summed E-state index contributed by atoms with van der Waals surface area (Å²) in [6.45, 7) is 2.38. The summed E-state index contributed by atoms with van der Waals surface area (Å²) in [5, 5.41) is 10.6. The van der Waals surface area contributed by atoms with Gasteiger partial charge in [-0.05, 0) is 49.3 Å². The first-order valence-corrected chi connectivity index (χ1v) is 12.2. The molecule has 5 nitrogen and oxygen atoms in total. The Morgan fingerprint density at radius 2 is 2.09 bits per heavy atom. The Morgan fingerprint density at radius 3 is 2.85 bits per heavy atom. The monoisotopic (exact) mass is 465 g/mol. The van der Waals surface area contributed by atoms with Gasteiger partial charge < -0.3 is 14.7 Å². The van der Waals surface area contributed by atoms with Gasteiger partial charge in [0, 0.05) is 6.42 Å². The number of benzene rings is 1. The van der Waals surface area contributed by atoms with Crippen LogP contribution in [0, 0.1) is 17.8 Å². The highest BCUT2D eigenvalue weighted by Gasteiger charge is 2.28. The third-order valence-corrected chi connectivity index (χ3v) is 6.89. The number of aliphatic hydroxyl groups is 1. The Morgan fingerprint density at radius 1 is 1.30 bits per heavy atom. The van der Waals surface area contributed by atoms with E-state index in [9.17, 15) is 14.7 Å². The third-order valence-electron chi connectivity index (χ3n) is 5.91. The maximum atomic E-state index is 12.3. The second-order valence-corrected chi connectivity index (χ2v) is 9.40. The van der Waals surface area contributed by atoms with Gasteiger partial charge in [-0.15, -0.1) is 11.3 Å². The van der Waals surface area contributed by atoms with Crippen molar-refractivity contribution in [2.45, 2.75) is 51.2 Å². The van der Waals surface area contributed by atoms with Gasteiger partial charge in [-0.25, -0.2) is 4.79 Å². The molecule has 1 aromatic carbocycles. The van der Waals surface area contributed by atoms with Crippen molar-refractivity contribution < 1.29 is 19.4 Å². The summed E-state index contributed by atoms with van der Waals surface area (Å²) in [6.07, 6.45) is 7.45. The predicted octanol–water partition coefficient (Wildman–Crippen LogP) is 4.45. The lowest BCUT2D eigenvalue weighted by atomic mass is 9.95. The van der Waals surface area contributed by atoms with Gasteiger partial charge in [0.25, 0.3) is 0 Å². The molecule has 1 amide bonds. The fourth-order valence-corrected chi connectivity index (χ4v) is 4.66. The Balaban J connectivity index is 1.49. The van der Waals surface area contributed by atoms with E-state index in [0.29, 0.717) is 17.8 Å². The van der Waals surface area contributed by atoms with Crippen LogP contribution in [0.3, 0.4) is 0 Å². The van der Waals surface area contributed by atoms with E-state index in [-0.39, 0.29) is 23.8 Å². The second kappa shape index (κ2) is 12.4. The van der Waals surface area contributed by atoms with Crippen molar-refractivity contribution >= 4 is 23.2 Å². The molecule has 1 aromatic heterocycles. The van der Waals surface area contributed by atoms with Gasteiger partial charge in [0.2, 0.25) is 5.91 Å². The van der Waals surface area contributed by atoms with Gasteiger partial charge in [0.1, 0.15) is 4.88 Å². The van der Waals surface area contributed by atoms with Crippen molar-refractivity contribution in [3.8, 4) is 11.8 Å². The number of ether oxygens (including phenoxy) is 1. The first-order chi connectivity index (χ1) is 16.0. The smallest absolute Gasteiger partial charge is 0.348 e. The molecule has 1 aliphatic rings. The summed E-state index contributed by atoms with van der Waals surface area (Å²) in [7, 11) is 1.35. The van der Waals surface area contributed by atoms with Crippen LogP contribution in [-0.2, 0) is 16.0 Å². The van der Waals surface area contributed by atoms with Gasteiger partial charge in [0.05, 0.1) is 30.7 Å². The van der Waals surface area contributed by atoms with Crippen LogP contribution in [0.1, 0.15) is 52.7 Å². The second-order valence-electron chi connectivity index (χ2n) is 8.32. The highest BCUT2D eigenvalue weighted by atomic mass is 32.1. The van der Waals surface area contributed by atoms with Gasteiger partial charge in [-0.3, -0.25) is 4.79 Å². The molecule has 33 heavy (non-hydrogen) atoms. The molecule has 0 unspecified atom stereocenters. The molecule has 6 heteroatoms. The summed E-state index contributed by atoms with van der Waals surface area (Å²) in [5.74, 6) is 5.92. The van der Waals surface area contributed by atoms with Gasteiger partial charge in [0.15, 0.2) is 0 Å². The van der Waals surface area contributed by atoms with Gasteiger partial charge in [-0.1, -0.05) is 61.2 Å². The number of thiophene rings is 1. The molecular formula is C27H31NO4S. The Hall–Kier alpha value is -2.88. The molecule has 0 aliphatic carbocycles. The highest BCUT2D eigenvalue weighted by Crippen LogP contribution is 2.21. The van der Waals surface area contributed by atoms with Crippen molar-refractivity contribution in [3.05, 3.63) is 69.9 Å². The van der Waals surface area contributed by atoms with E-state index in [4.69, 9.17) is 4.74 Å². The number of nitrogens with zero attached hydrogens (tertiary/aromatic N) is 1. The number of esters is 1. The van der Waals surface area contributed by atoms with Crippen LogP contribution in [0.5, 0.6) is 0 Å². The largest absolute Gasteiger partial charge is 0.465 e. The van der Waals surface area contributed by atoms with E-state index in [1.165, 1.54) is 24.0 Å².